The number of aryl methyl sites for hydroxylation is 2. The Bertz CT molecular complexity index is 683. The van der Waals surface area contributed by atoms with Gasteiger partial charge in [0.25, 0.3) is 0 Å². The molecule has 0 saturated carbocycles. The maximum Gasteiger partial charge on any atom is 0.175 e. The SMILES string of the molecule is Cc1cc(-c2cc(N)n(C)n2)ccc1S(C)(=O)=O. The molecule has 0 aliphatic heterocycles. The standard InChI is InChI=1S/C12H15N3O2S/c1-8-6-9(4-5-11(8)18(3,16)17)10-7-12(13)15(2)14-10/h4-7H,13H2,1-3H3. The summed E-state index contributed by atoms with van der Waals surface area (Å²) in [5.41, 5.74) is 8.02. The Kier molecular flexibility index (Phi) is 2.90. The predicted octanol–water partition coefficient (Wildman–Crippen LogP) is 1.38. The molecule has 0 fully saturated rings. The van der Waals surface area contributed by atoms with E-state index >= 15 is 0 Å². The van der Waals surface area contributed by atoms with Gasteiger partial charge in [-0.1, -0.05) is 6.07 Å². The molecule has 2 N–H and O–H groups in total. The Morgan fingerprint density at radius 3 is 2.39 bits per heavy atom. The minimum Gasteiger partial charge on any atom is -0.384 e. The number of nitrogens with two attached hydrogens (primary N) is 1. The first-order valence-corrected chi connectivity index (χ1v) is 7.29. The van der Waals surface area contributed by atoms with E-state index in [1.54, 1.807) is 42.9 Å². The molecule has 0 radical (unpaired) electrons. The average molecular weight is 265 g/mol. The summed E-state index contributed by atoms with van der Waals surface area (Å²) < 4.78 is 24.6. The highest BCUT2D eigenvalue weighted by Crippen LogP contribution is 2.24. The van der Waals surface area contributed by atoms with Crippen LogP contribution in [0.4, 0.5) is 5.82 Å². The van der Waals surface area contributed by atoms with Crippen LogP contribution in [0.1, 0.15) is 5.56 Å². The van der Waals surface area contributed by atoms with E-state index in [0.29, 0.717) is 16.3 Å². The second-order valence-corrected chi connectivity index (χ2v) is 6.31. The molecule has 0 aliphatic carbocycles. The van der Waals surface area contributed by atoms with Crippen molar-refractivity contribution in [2.45, 2.75) is 11.8 Å². The molecule has 2 aromatic rings. The number of nitrogen functional groups attached to an aromatic ring is 1. The zero-order valence-electron chi connectivity index (χ0n) is 10.5. The van der Waals surface area contributed by atoms with E-state index in [1.807, 2.05) is 0 Å². The fraction of sp³-hybridized carbons (Fsp3) is 0.250. The van der Waals surface area contributed by atoms with Gasteiger partial charge in [-0.15, -0.1) is 0 Å². The van der Waals surface area contributed by atoms with Gasteiger partial charge >= 0.3 is 0 Å². The first kappa shape index (κ1) is 12.6. The lowest BCUT2D eigenvalue weighted by molar-refractivity contribution is 0.601. The molecular weight excluding hydrogens is 250 g/mol. The van der Waals surface area contributed by atoms with Gasteiger partial charge < -0.3 is 5.73 Å². The summed E-state index contributed by atoms with van der Waals surface area (Å²) in [6.07, 6.45) is 1.20. The second kappa shape index (κ2) is 4.13. The zero-order valence-corrected chi connectivity index (χ0v) is 11.3. The van der Waals surface area contributed by atoms with Crippen molar-refractivity contribution < 1.29 is 8.42 Å². The van der Waals surface area contributed by atoms with E-state index in [-0.39, 0.29) is 0 Å². The normalized spacial score (nSPS) is 11.7. The Morgan fingerprint density at radius 1 is 1.28 bits per heavy atom. The van der Waals surface area contributed by atoms with E-state index in [2.05, 4.69) is 5.10 Å². The van der Waals surface area contributed by atoms with Crippen molar-refractivity contribution in [2.24, 2.45) is 7.05 Å². The van der Waals surface area contributed by atoms with Gasteiger partial charge in [-0.05, 0) is 24.6 Å². The number of rotatable bonds is 2. The summed E-state index contributed by atoms with van der Waals surface area (Å²) in [5, 5.41) is 4.26. The maximum absolute atomic E-state index is 11.5. The van der Waals surface area contributed by atoms with Crippen molar-refractivity contribution in [2.75, 3.05) is 12.0 Å². The van der Waals surface area contributed by atoms with Gasteiger partial charge in [0.2, 0.25) is 0 Å². The van der Waals surface area contributed by atoms with Crippen molar-refractivity contribution in [1.29, 1.82) is 0 Å². The maximum atomic E-state index is 11.5. The highest BCUT2D eigenvalue weighted by atomic mass is 32.2. The third kappa shape index (κ3) is 2.24. The van der Waals surface area contributed by atoms with Gasteiger partial charge in [-0.25, -0.2) is 8.42 Å². The second-order valence-electron chi connectivity index (χ2n) is 4.33. The predicted molar refractivity (Wildman–Crippen MR) is 70.9 cm³/mol. The minimum absolute atomic E-state index is 0.343. The summed E-state index contributed by atoms with van der Waals surface area (Å²) in [5.74, 6) is 0.565. The Hall–Kier alpha value is -1.82. The molecular formula is C12H15N3O2S. The van der Waals surface area contributed by atoms with E-state index in [0.717, 1.165) is 11.3 Å². The number of benzene rings is 1. The van der Waals surface area contributed by atoms with E-state index in [9.17, 15) is 8.42 Å². The van der Waals surface area contributed by atoms with Crippen molar-refractivity contribution in [3.8, 4) is 11.3 Å². The van der Waals surface area contributed by atoms with Crippen molar-refractivity contribution in [3.63, 3.8) is 0 Å². The van der Waals surface area contributed by atoms with Crippen LogP contribution in [0.2, 0.25) is 0 Å². The first-order chi connectivity index (χ1) is 8.29. The third-order valence-corrected chi connectivity index (χ3v) is 4.04. The number of hydrogen-bond acceptors (Lipinski definition) is 4. The lowest BCUT2D eigenvalue weighted by atomic mass is 10.1. The number of aromatic nitrogens is 2. The molecule has 1 aromatic heterocycles. The van der Waals surface area contributed by atoms with Crippen LogP contribution in [0.15, 0.2) is 29.2 Å². The summed E-state index contributed by atoms with van der Waals surface area (Å²) in [7, 11) is -1.43. The Morgan fingerprint density at radius 2 is 1.94 bits per heavy atom. The minimum atomic E-state index is -3.19. The molecule has 1 heterocycles. The monoisotopic (exact) mass is 265 g/mol. The lowest BCUT2D eigenvalue weighted by Gasteiger charge is -2.05. The largest absolute Gasteiger partial charge is 0.384 e. The highest BCUT2D eigenvalue weighted by Gasteiger charge is 2.12. The molecule has 0 unspecified atom stereocenters. The molecule has 96 valence electrons. The Labute approximate surface area is 106 Å². The molecule has 0 spiro atoms. The Balaban J connectivity index is 2.53. The molecule has 2 rings (SSSR count). The molecule has 0 saturated heterocycles. The van der Waals surface area contributed by atoms with Crippen molar-refractivity contribution in [3.05, 3.63) is 29.8 Å². The third-order valence-electron chi connectivity index (χ3n) is 2.79. The summed E-state index contributed by atoms with van der Waals surface area (Å²) in [6, 6.07) is 6.91. The van der Waals surface area contributed by atoms with Crippen LogP contribution >= 0.6 is 0 Å². The molecule has 5 nitrogen and oxygen atoms in total. The molecule has 0 atom stereocenters. The molecule has 6 heteroatoms. The van der Waals surface area contributed by atoms with Gasteiger partial charge in [0.15, 0.2) is 9.84 Å². The van der Waals surface area contributed by atoms with Crippen LogP contribution in [0, 0.1) is 6.92 Å². The molecule has 1 aromatic carbocycles. The number of nitrogens with zero attached hydrogens (tertiary/aromatic N) is 2. The van der Waals surface area contributed by atoms with Crippen LogP contribution in [-0.4, -0.2) is 24.5 Å². The van der Waals surface area contributed by atoms with Crippen LogP contribution < -0.4 is 5.73 Å². The van der Waals surface area contributed by atoms with Crippen molar-refractivity contribution in [1.82, 2.24) is 9.78 Å². The van der Waals surface area contributed by atoms with E-state index < -0.39 is 9.84 Å². The molecule has 18 heavy (non-hydrogen) atoms. The van der Waals surface area contributed by atoms with Gasteiger partial charge in [-0.2, -0.15) is 5.10 Å². The fourth-order valence-corrected chi connectivity index (χ4v) is 2.81. The quantitative estimate of drug-likeness (QED) is 0.889. The van der Waals surface area contributed by atoms with Gasteiger partial charge in [0.1, 0.15) is 5.82 Å². The first-order valence-electron chi connectivity index (χ1n) is 5.39. The van der Waals surface area contributed by atoms with E-state index in [1.165, 1.54) is 6.26 Å². The van der Waals surface area contributed by atoms with Crippen LogP contribution in [0.5, 0.6) is 0 Å². The van der Waals surface area contributed by atoms with Crippen LogP contribution in [-0.2, 0) is 16.9 Å². The molecule has 0 aliphatic rings. The lowest BCUT2D eigenvalue weighted by Crippen LogP contribution is -2.00. The number of sulfone groups is 1. The summed E-state index contributed by atoms with van der Waals surface area (Å²) in [6.45, 7) is 1.77. The molecule has 0 bridgehead atoms. The summed E-state index contributed by atoms with van der Waals surface area (Å²) in [4.78, 5) is 0.343. The average Bonchev–Trinajstić information content (AvgIpc) is 2.57. The van der Waals surface area contributed by atoms with Crippen LogP contribution in [0.25, 0.3) is 11.3 Å². The van der Waals surface area contributed by atoms with Gasteiger partial charge in [0.05, 0.1) is 10.6 Å². The summed E-state index contributed by atoms with van der Waals surface area (Å²) >= 11 is 0. The van der Waals surface area contributed by atoms with Crippen LogP contribution in [0.3, 0.4) is 0 Å². The smallest absolute Gasteiger partial charge is 0.175 e. The van der Waals surface area contributed by atoms with Gasteiger partial charge in [0, 0.05) is 24.9 Å². The fourth-order valence-electron chi connectivity index (χ4n) is 1.85. The highest BCUT2D eigenvalue weighted by molar-refractivity contribution is 7.90. The van der Waals surface area contributed by atoms with E-state index in [4.69, 9.17) is 5.73 Å². The van der Waals surface area contributed by atoms with Crippen molar-refractivity contribution >= 4 is 15.7 Å². The topological polar surface area (TPSA) is 78.0 Å². The molecule has 0 amide bonds. The zero-order chi connectivity index (χ0) is 13.5. The number of hydrogen-bond donors (Lipinski definition) is 1. The van der Waals surface area contributed by atoms with Gasteiger partial charge in [-0.3, -0.25) is 4.68 Å². The number of anilines is 1.